The monoisotopic (exact) mass is 228 g/mol. The molecule has 0 unspecified atom stereocenters. The average Bonchev–Trinajstić information content (AvgIpc) is 2.44. The van der Waals surface area contributed by atoms with Crippen LogP contribution in [0.1, 0.15) is 34.6 Å². The van der Waals surface area contributed by atoms with Gasteiger partial charge < -0.3 is 0 Å². The number of rotatable bonds is 0. The Bertz CT molecular complexity index is 342. The highest BCUT2D eigenvalue weighted by Gasteiger charge is 1.85. The summed E-state index contributed by atoms with van der Waals surface area (Å²) >= 11 is 0. The highest BCUT2D eigenvalue weighted by Crippen LogP contribution is 2.11. The van der Waals surface area contributed by atoms with Crippen molar-refractivity contribution in [1.82, 2.24) is 0 Å². The smallest absolute Gasteiger partial charge is 0.00297 e. The molecule has 0 fully saturated rings. The highest BCUT2D eigenvalue weighted by molar-refractivity contribution is 5.81. The standard InChI is InChI=1S/C10H8.C3H4.2C2H6/c1-2-6-10-8-4-3-7-9(10)5-1;1-3-2;2*1-2/h1-8H;1H,2H3;2*1-2H3. The SMILES string of the molecule is C#CC.CC.CC.c1ccc2ccccc2c1. The summed E-state index contributed by atoms with van der Waals surface area (Å²) in [6.45, 7) is 9.65. The normalized spacial score (nSPS) is 7.06. The van der Waals surface area contributed by atoms with Gasteiger partial charge in [0.25, 0.3) is 0 Å². The molecule has 2 aromatic rings. The molecule has 2 rings (SSSR count). The van der Waals surface area contributed by atoms with Crippen LogP contribution < -0.4 is 0 Å². The Morgan fingerprint density at radius 1 is 0.706 bits per heavy atom. The summed E-state index contributed by atoms with van der Waals surface area (Å²) < 4.78 is 0. The second-order valence-electron chi connectivity index (χ2n) is 2.64. The summed E-state index contributed by atoms with van der Waals surface area (Å²) in [6, 6.07) is 16.7. The van der Waals surface area contributed by atoms with E-state index in [0.29, 0.717) is 0 Å². The second-order valence-corrected chi connectivity index (χ2v) is 2.64. The minimum atomic E-state index is 1.31. The van der Waals surface area contributed by atoms with Crippen molar-refractivity contribution in [3.8, 4) is 12.3 Å². The minimum Gasteiger partial charge on any atom is -0.120 e. The van der Waals surface area contributed by atoms with Crippen LogP contribution in [0.4, 0.5) is 0 Å². The number of fused-ring (bicyclic) bond motifs is 1. The van der Waals surface area contributed by atoms with Crippen LogP contribution in [0.2, 0.25) is 0 Å². The number of benzene rings is 2. The summed E-state index contributed by atoms with van der Waals surface area (Å²) in [7, 11) is 0. The van der Waals surface area contributed by atoms with Crippen LogP contribution in [0.25, 0.3) is 10.8 Å². The molecule has 0 aliphatic heterocycles. The fraction of sp³-hybridized carbons (Fsp3) is 0.294. The zero-order chi connectivity index (χ0) is 13.5. The van der Waals surface area contributed by atoms with Crippen LogP contribution in [0.3, 0.4) is 0 Å². The van der Waals surface area contributed by atoms with Crippen molar-refractivity contribution in [2.75, 3.05) is 0 Å². The molecule has 17 heavy (non-hydrogen) atoms. The molecular weight excluding hydrogens is 204 g/mol. The summed E-state index contributed by atoms with van der Waals surface area (Å²) in [5, 5.41) is 2.62. The molecule has 92 valence electrons. The Labute approximate surface area is 107 Å². The van der Waals surface area contributed by atoms with E-state index in [2.05, 4.69) is 60.9 Å². The van der Waals surface area contributed by atoms with E-state index in [-0.39, 0.29) is 0 Å². The molecule has 0 amide bonds. The van der Waals surface area contributed by atoms with Crippen molar-refractivity contribution in [3.05, 3.63) is 48.5 Å². The lowest BCUT2D eigenvalue weighted by atomic mass is 10.1. The van der Waals surface area contributed by atoms with Crippen molar-refractivity contribution in [2.24, 2.45) is 0 Å². The molecule has 0 aliphatic carbocycles. The van der Waals surface area contributed by atoms with Crippen LogP contribution in [-0.2, 0) is 0 Å². The molecule has 0 N–H and O–H groups in total. The van der Waals surface area contributed by atoms with Gasteiger partial charge in [-0.1, -0.05) is 76.2 Å². The fourth-order valence-corrected chi connectivity index (χ4v) is 1.13. The molecule has 0 bridgehead atoms. The third kappa shape index (κ3) is 8.11. The summed E-state index contributed by atoms with van der Waals surface area (Å²) in [4.78, 5) is 0. The second kappa shape index (κ2) is 14.3. The molecule has 0 atom stereocenters. The highest BCUT2D eigenvalue weighted by atomic mass is 13.9. The number of terminal acetylenes is 1. The molecule has 0 saturated carbocycles. The van der Waals surface area contributed by atoms with Gasteiger partial charge in [-0.05, 0) is 17.7 Å². The summed E-state index contributed by atoms with van der Waals surface area (Å²) in [5.41, 5.74) is 0. The summed E-state index contributed by atoms with van der Waals surface area (Å²) in [5.74, 6) is 2.25. The lowest BCUT2D eigenvalue weighted by molar-refractivity contribution is 1.50. The number of hydrogen-bond acceptors (Lipinski definition) is 0. The molecule has 0 aliphatic rings. The Kier molecular flexibility index (Phi) is 14.8. The Morgan fingerprint density at radius 3 is 1.06 bits per heavy atom. The molecule has 0 aromatic heterocycles. The first-order valence-corrected chi connectivity index (χ1v) is 6.19. The van der Waals surface area contributed by atoms with Gasteiger partial charge in [0.15, 0.2) is 0 Å². The van der Waals surface area contributed by atoms with E-state index in [1.807, 2.05) is 27.7 Å². The zero-order valence-corrected chi connectivity index (χ0v) is 11.7. The molecule has 0 saturated heterocycles. The molecule has 0 nitrogen and oxygen atoms in total. The van der Waals surface area contributed by atoms with Gasteiger partial charge in [0.2, 0.25) is 0 Å². The van der Waals surface area contributed by atoms with Gasteiger partial charge in [0.05, 0.1) is 0 Å². The fourth-order valence-electron chi connectivity index (χ4n) is 1.13. The maximum absolute atomic E-state index is 4.60. The van der Waals surface area contributed by atoms with Crippen LogP contribution in [0.5, 0.6) is 0 Å². The molecule has 0 heteroatoms. The van der Waals surface area contributed by atoms with Gasteiger partial charge >= 0.3 is 0 Å². The van der Waals surface area contributed by atoms with Crippen molar-refractivity contribution < 1.29 is 0 Å². The van der Waals surface area contributed by atoms with E-state index < -0.39 is 0 Å². The quantitative estimate of drug-likeness (QED) is 0.520. The van der Waals surface area contributed by atoms with Crippen LogP contribution in [-0.4, -0.2) is 0 Å². The zero-order valence-electron chi connectivity index (χ0n) is 11.7. The first kappa shape index (κ1) is 17.6. The molecular formula is C17H24. The first-order valence-electron chi connectivity index (χ1n) is 6.19. The van der Waals surface area contributed by atoms with E-state index >= 15 is 0 Å². The molecule has 0 spiro atoms. The Balaban J connectivity index is 0. The maximum atomic E-state index is 4.60. The topological polar surface area (TPSA) is 0 Å². The van der Waals surface area contributed by atoms with E-state index in [9.17, 15) is 0 Å². The lowest BCUT2D eigenvalue weighted by Gasteiger charge is -1.92. The third-order valence-electron chi connectivity index (χ3n) is 1.66. The van der Waals surface area contributed by atoms with Gasteiger partial charge in [-0.2, -0.15) is 0 Å². The molecule has 2 aromatic carbocycles. The maximum Gasteiger partial charge on any atom is -0.00297 e. The van der Waals surface area contributed by atoms with Gasteiger partial charge in [0.1, 0.15) is 0 Å². The van der Waals surface area contributed by atoms with Crippen LogP contribution in [0.15, 0.2) is 48.5 Å². The Hall–Kier alpha value is -1.74. The average molecular weight is 228 g/mol. The van der Waals surface area contributed by atoms with Crippen molar-refractivity contribution in [3.63, 3.8) is 0 Å². The minimum absolute atomic E-state index is 1.31. The predicted octanol–water partition coefficient (Wildman–Crippen LogP) is 5.53. The van der Waals surface area contributed by atoms with E-state index in [1.54, 1.807) is 6.92 Å². The first-order chi connectivity index (χ1) is 8.38. The summed E-state index contributed by atoms with van der Waals surface area (Å²) in [6.07, 6.45) is 4.60. The van der Waals surface area contributed by atoms with Gasteiger partial charge in [-0.15, -0.1) is 12.3 Å². The molecule has 0 radical (unpaired) electrons. The van der Waals surface area contributed by atoms with Gasteiger partial charge in [-0.25, -0.2) is 0 Å². The van der Waals surface area contributed by atoms with E-state index in [0.717, 1.165) is 0 Å². The Morgan fingerprint density at radius 2 is 0.882 bits per heavy atom. The largest absolute Gasteiger partial charge is 0.120 e. The van der Waals surface area contributed by atoms with Crippen molar-refractivity contribution in [2.45, 2.75) is 34.6 Å². The number of hydrogen-bond donors (Lipinski definition) is 0. The van der Waals surface area contributed by atoms with E-state index in [4.69, 9.17) is 0 Å². The van der Waals surface area contributed by atoms with Crippen LogP contribution in [0, 0.1) is 12.3 Å². The lowest BCUT2D eigenvalue weighted by Crippen LogP contribution is -1.67. The van der Waals surface area contributed by atoms with Crippen LogP contribution >= 0.6 is 0 Å². The predicted molar refractivity (Wildman–Crippen MR) is 81.2 cm³/mol. The van der Waals surface area contributed by atoms with E-state index in [1.165, 1.54) is 10.8 Å². The molecule has 0 heterocycles. The van der Waals surface area contributed by atoms with Crippen molar-refractivity contribution >= 4 is 10.8 Å². The van der Waals surface area contributed by atoms with Gasteiger partial charge in [-0.3, -0.25) is 0 Å². The third-order valence-corrected chi connectivity index (χ3v) is 1.66. The van der Waals surface area contributed by atoms with Crippen molar-refractivity contribution in [1.29, 1.82) is 0 Å². The van der Waals surface area contributed by atoms with Gasteiger partial charge in [0, 0.05) is 0 Å².